The second-order valence-corrected chi connectivity index (χ2v) is 2.06. The summed E-state index contributed by atoms with van der Waals surface area (Å²) in [6, 6.07) is 10.3. The molecule has 0 saturated carbocycles. The van der Waals surface area contributed by atoms with E-state index in [1.165, 1.54) is 5.56 Å². The number of hydrogen-bond acceptors (Lipinski definition) is 1. The predicted molar refractivity (Wildman–Crippen MR) is 46.3 cm³/mol. The molecule has 1 aromatic rings. The normalized spacial score (nSPS) is 7.45. The van der Waals surface area contributed by atoms with Crippen LogP contribution in [0.25, 0.3) is 0 Å². The van der Waals surface area contributed by atoms with Crippen molar-refractivity contribution in [2.24, 2.45) is 0 Å². The molecule has 0 atom stereocenters. The quantitative estimate of drug-likeness (QED) is 0.603. The number of hydrogen-bond donors (Lipinski definition) is 1. The second-order valence-electron chi connectivity index (χ2n) is 2.06. The van der Waals surface area contributed by atoms with E-state index in [9.17, 15) is 0 Å². The third-order valence-corrected chi connectivity index (χ3v) is 1.06. The summed E-state index contributed by atoms with van der Waals surface area (Å²) >= 11 is 0. The van der Waals surface area contributed by atoms with Crippen molar-refractivity contribution in [3.05, 3.63) is 35.9 Å². The van der Waals surface area contributed by atoms with Gasteiger partial charge in [-0.05, 0) is 6.92 Å². The molecule has 0 radical (unpaired) electrons. The second kappa shape index (κ2) is 6.81. The largest absolute Gasteiger partial charge is 0.362 e. The highest BCUT2D eigenvalue weighted by molar-refractivity contribution is 5.44. The van der Waals surface area contributed by atoms with Gasteiger partial charge in [0.15, 0.2) is 0 Å². The van der Waals surface area contributed by atoms with E-state index in [-0.39, 0.29) is 0 Å². The molecule has 0 aliphatic carbocycles. The van der Waals surface area contributed by atoms with Crippen LogP contribution < -0.4 is 5.32 Å². The molecule has 2 heteroatoms. The summed E-state index contributed by atoms with van der Waals surface area (Å²) < 4.78 is 0. The Morgan fingerprint density at radius 3 is 1.91 bits per heavy atom. The first-order valence-corrected chi connectivity index (χ1v) is 3.44. The maximum Gasteiger partial charge on any atom is 0.206 e. The van der Waals surface area contributed by atoms with Crippen LogP contribution in [-0.2, 0) is 4.79 Å². The first kappa shape index (κ1) is 9.69. The van der Waals surface area contributed by atoms with E-state index in [1.54, 1.807) is 7.05 Å². The van der Waals surface area contributed by atoms with Crippen molar-refractivity contribution in [1.82, 2.24) is 5.32 Å². The number of amides is 1. The Labute approximate surface area is 67.2 Å². The Hall–Kier alpha value is -1.31. The van der Waals surface area contributed by atoms with Crippen LogP contribution in [0, 0.1) is 6.92 Å². The minimum atomic E-state index is 0.625. The first-order chi connectivity index (χ1) is 5.31. The van der Waals surface area contributed by atoms with E-state index in [0.717, 1.165) is 0 Å². The molecule has 0 heterocycles. The summed E-state index contributed by atoms with van der Waals surface area (Å²) in [5, 5.41) is 2.25. The van der Waals surface area contributed by atoms with E-state index in [0.29, 0.717) is 6.41 Å². The Morgan fingerprint density at radius 2 is 1.73 bits per heavy atom. The van der Waals surface area contributed by atoms with E-state index in [1.807, 2.05) is 18.2 Å². The molecule has 0 aliphatic rings. The van der Waals surface area contributed by atoms with Gasteiger partial charge in [0.2, 0.25) is 6.41 Å². The first-order valence-electron chi connectivity index (χ1n) is 3.44. The molecule has 1 aromatic carbocycles. The maximum atomic E-state index is 9.06. The van der Waals surface area contributed by atoms with Gasteiger partial charge in [-0.15, -0.1) is 0 Å². The van der Waals surface area contributed by atoms with Crippen LogP contribution in [0.15, 0.2) is 30.3 Å². The lowest BCUT2D eigenvalue weighted by atomic mass is 10.2. The van der Waals surface area contributed by atoms with Gasteiger partial charge in [0.05, 0.1) is 0 Å². The summed E-state index contributed by atoms with van der Waals surface area (Å²) in [5.41, 5.74) is 1.32. The fourth-order valence-corrected chi connectivity index (χ4v) is 0.534. The molecule has 0 saturated heterocycles. The molecule has 0 spiro atoms. The van der Waals surface area contributed by atoms with Crippen molar-refractivity contribution in [2.45, 2.75) is 6.92 Å². The van der Waals surface area contributed by atoms with Gasteiger partial charge in [0, 0.05) is 7.05 Å². The molecule has 1 rings (SSSR count). The Kier molecular flexibility index (Phi) is 5.99. The summed E-state index contributed by atoms with van der Waals surface area (Å²) in [4.78, 5) is 9.06. The fourth-order valence-electron chi connectivity index (χ4n) is 0.534. The Balaban J connectivity index is 0.000000218. The standard InChI is InChI=1S/C7H8.C2H5NO/c1-7-5-3-2-4-6-7;1-3-2-4/h2-6H,1H3;2H,1H3,(H,3,4). The van der Waals surface area contributed by atoms with Gasteiger partial charge >= 0.3 is 0 Å². The number of rotatable bonds is 1. The molecule has 0 fully saturated rings. The lowest BCUT2D eigenvalue weighted by Gasteiger charge is -1.82. The van der Waals surface area contributed by atoms with E-state index in [2.05, 4.69) is 24.4 Å². The van der Waals surface area contributed by atoms with Gasteiger partial charge in [0.1, 0.15) is 0 Å². The van der Waals surface area contributed by atoms with Crippen molar-refractivity contribution in [1.29, 1.82) is 0 Å². The van der Waals surface area contributed by atoms with Crippen molar-refractivity contribution in [2.75, 3.05) is 7.05 Å². The molecule has 60 valence electrons. The molecule has 11 heavy (non-hydrogen) atoms. The highest BCUT2D eigenvalue weighted by Gasteiger charge is 1.72. The average Bonchev–Trinajstić information content (AvgIpc) is 2.07. The lowest BCUT2D eigenvalue weighted by Crippen LogP contribution is -1.98. The summed E-state index contributed by atoms with van der Waals surface area (Å²) in [6.45, 7) is 2.08. The molecular formula is C9H13NO. The van der Waals surface area contributed by atoms with Gasteiger partial charge in [-0.25, -0.2) is 0 Å². The lowest BCUT2D eigenvalue weighted by molar-refractivity contribution is -0.109. The molecule has 0 bridgehead atoms. The third-order valence-electron chi connectivity index (χ3n) is 1.06. The number of carbonyl (C=O) groups is 1. The van der Waals surface area contributed by atoms with Gasteiger partial charge in [0.25, 0.3) is 0 Å². The van der Waals surface area contributed by atoms with Crippen LogP contribution in [0.2, 0.25) is 0 Å². The van der Waals surface area contributed by atoms with Crippen LogP contribution in [0.5, 0.6) is 0 Å². The topological polar surface area (TPSA) is 29.1 Å². The number of benzene rings is 1. The Bertz CT molecular complexity index is 184. The SMILES string of the molecule is CNC=O.Cc1ccccc1. The van der Waals surface area contributed by atoms with Crippen molar-refractivity contribution < 1.29 is 4.79 Å². The van der Waals surface area contributed by atoms with Crippen LogP contribution in [0.1, 0.15) is 5.56 Å². The number of nitrogens with one attached hydrogen (secondary N) is 1. The molecular weight excluding hydrogens is 138 g/mol. The van der Waals surface area contributed by atoms with Crippen LogP contribution >= 0.6 is 0 Å². The zero-order chi connectivity index (χ0) is 8.53. The smallest absolute Gasteiger partial charge is 0.206 e. The predicted octanol–water partition coefficient (Wildman–Crippen LogP) is 1.36. The summed E-state index contributed by atoms with van der Waals surface area (Å²) in [6.07, 6.45) is 0.625. The van der Waals surface area contributed by atoms with Crippen LogP contribution in [0.3, 0.4) is 0 Å². The van der Waals surface area contributed by atoms with E-state index >= 15 is 0 Å². The number of aryl methyl sites for hydroxylation is 1. The molecule has 0 aromatic heterocycles. The highest BCUT2D eigenvalue weighted by Crippen LogP contribution is 1.92. The molecule has 2 nitrogen and oxygen atoms in total. The van der Waals surface area contributed by atoms with Crippen molar-refractivity contribution in [3.63, 3.8) is 0 Å². The van der Waals surface area contributed by atoms with Gasteiger partial charge in [-0.1, -0.05) is 35.9 Å². The van der Waals surface area contributed by atoms with Crippen LogP contribution in [0.4, 0.5) is 0 Å². The van der Waals surface area contributed by atoms with Crippen molar-refractivity contribution in [3.8, 4) is 0 Å². The van der Waals surface area contributed by atoms with E-state index in [4.69, 9.17) is 4.79 Å². The van der Waals surface area contributed by atoms with Crippen molar-refractivity contribution >= 4 is 6.41 Å². The van der Waals surface area contributed by atoms with Gasteiger partial charge in [-0.2, -0.15) is 0 Å². The minimum Gasteiger partial charge on any atom is -0.362 e. The van der Waals surface area contributed by atoms with E-state index < -0.39 is 0 Å². The minimum absolute atomic E-state index is 0.625. The summed E-state index contributed by atoms with van der Waals surface area (Å²) in [5.74, 6) is 0. The van der Waals surface area contributed by atoms with Gasteiger partial charge < -0.3 is 5.32 Å². The molecule has 0 unspecified atom stereocenters. The maximum absolute atomic E-state index is 9.06. The zero-order valence-corrected chi connectivity index (χ0v) is 6.87. The molecule has 1 amide bonds. The average molecular weight is 151 g/mol. The zero-order valence-electron chi connectivity index (χ0n) is 6.87. The Morgan fingerprint density at radius 1 is 1.27 bits per heavy atom. The van der Waals surface area contributed by atoms with Crippen LogP contribution in [-0.4, -0.2) is 13.5 Å². The fraction of sp³-hybridized carbons (Fsp3) is 0.222. The summed E-state index contributed by atoms with van der Waals surface area (Å²) in [7, 11) is 1.56. The number of carbonyl (C=O) groups excluding carboxylic acids is 1. The monoisotopic (exact) mass is 151 g/mol. The molecule has 0 aliphatic heterocycles. The third kappa shape index (κ3) is 6.58. The highest BCUT2D eigenvalue weighted by atomic mass is 16.1. The molecule has 1 N–H and O–H groups in total. The van der Waals surface area contributed by atoms with Gasteiger partial charge in [-0.3, -0.25) is 4.79 Å².